The quantitative estimate of drug-likeness (QED) is 0.485. The van der Waals surface area contributed by atoms with Crippen LogP contribution in [-0.4, -0.2) is 16.5 Å². The largest absolute Gasteiger partial charge is 0.369 e. The average Bonchev–Trinajstić information content (AvgIpc) is 2.71. The van der Waals surface area contributed by atoms with Gasteiger partial charge in [0.2, 0.25) is 0 Å². The molecule has 1 heterocycles. The van der Waals surface area contributed by atoms with Crippen LogP contribution in [0.2, 0.25) is 5.02 Å². The summed E-state index contributed by atoms with van der Waals surface area (Å²) in [5.74, 6) is 4.14. The van der Waals surface area contributed by atoms with Crippen molar-refractivity contribution in [2.75, 3.05) is 11.9 Å². The van der Waals surface area contributed by atoms with Crippen molar-refractivity contribution < 1.29 is 0 Å². The highest BCUT2D eigenvalue weighted by atomic mass is 35.5. The van der Waals surface area contributed by atoms with E-state index in [0.717, 1.165) is 46.6 Å². The minimum atomic E-state index is 0.386. The predicted molar refractivity (Wildman–Crippen MR) is 126 cm³/mol. The van der Waals surface area contributed by atoms with Crippen molar-refractivity contribution in [3.63, 3.8) is 0 Å². The second-order valence-electron chi connectivity index (χ2n) is 9.91. The summed E-state index contributed by atoms with van der Waals surface area (Å²) < 4.78 is 0. The van der Waals surface area contributed by atoms with Crippen LogP contribution in [0.1, 0.15) is 46.0 Å². The molecule has 1 aromatic heterocycles. The van der Waals surface area contributed by atoms with E-state index in [0.29, 0.717) is 16.3 Å². The van der Waals surface area contributed by atoms with Gasteiger partial charge in [0.25, 0.3) is 0 Å². The number of fused-ring (bicyclic) bond motifs is 3. The second kappa shape index (κ2) is 7.85. The van der Waals surface area contributed by atoms with Gasteiger partial charge in [-0.25, -0.2) is 9.97 Å². The van der Waals surface area contributed by atoms with E-state index in [2.05, 4.69) is 37.4 Å². The molecular formula is C26H30ClN3. The summed E-state index contributed by atoms with van der Waals surface area (Å²) in [6.07, 6.45) is 6.80. The lowest BCUT2D eigenvalue weighted by Crippen LogP contribution is -2.43. The van der Waals surface area contributed by atoms with E-state index in [1.54, 1.807) is 0 Å². The van der Waals surface area contributed by atoms with Gasteiger partial charge in [0.1, 0.15) is 5.82 Å². The Morgan fingerprint density at radius 2 is 1.63 bits per heavy atom. The molecule has 2 aliphatic carbocycles. The third-order valence-corrected chi connectivity index (χ3v) is 7.43. The minimum Gasteiger partial charge on any atom is -0.369 e. The van der Waals surface area contributed by atoms with E-state index in [1.165, 1.54) is 32.1 Å². The molecule has 2 aliphatic rings. The average molecular weight is 420 g/mol. The van der Waals surface area contributed by atoms with E-state index in [4.69, 9.17) is 21.6 Å². The van der Waals surface area contributed by atoms with Crippen LogP contribution in [0.4, 0.5) is 5.82 Å². The van der Waals surface area contributed by atoms with Crippen LogP contribution < -0.4 is 5.32 Å². The number of hydrogen-bond donors (Lipinski definition) is 1. The molecule has 0 aliphatic heterocycles. The van der Waals surface area contributed by atoms with E-state index in [-0.39, 0.29) is 0 Å². The summed E-state index contributed by atoms with van der Waals surface area (Å²) in [4.78, 5) is 9.76. The Kier molecular flexibility index (Phi) is 5.18. The van der Waals surface area contributed by atoms with Crippen LogP contribution in [0, 0.1) is 23.2 Å². The van der Waals surface area contributed by atoms with Gasteiger partial charge in [-0.15, -0.1) is 0 Å². The van der Waals surface area contributed by atoms with Crippen molar-refractivity contribution in [2.45, 2.75) is 46.0 Å². The number of nitrogens with one attached hydrogen (secondary N) is 1. The first-order chi connectivity index (χ1) is 14.5. The number of anilines is 1. The molecule has 2 fully saturated rings. The Hall–Kier alpha value is -2.13. The summed E-state index contributed by atoms with van der Waals surface area (Å²) >= 11 is 6.46. The van der Waals surface area contributed by atoms with E-state index >= 15 is 0 Å². The summed E-state index contributed by atoms with van der Waals surface area (Å²) in [6, 6.07) is 16.1. The van der Waals surface area contributed by atoms with Gasteiger partial charge in [0.05, 0.1) is 10.5 Å². The smallest absolute Gasteiger partial charge is 0.163 e. The van der Waals surface area contributed by atoms with Gasteiger partial charge in [-0.05, 0) is 79.5 Å². The molecule has 0 spiro atoms. The predicted octanol–water partition coefficient (Wildman–Crippen LogP) is 7.21. The van der Waals surface area contributed by atoms with Crippen LogP contribution in [0.15, 0.2) is 48.5 Å². The molecule has 1 N–H and O–H groups in total. The molecule has 0 amide bonds. The topological polar surface area (TPSA) is 37.8 Å². The third kappa shape index (κ3) is 3.80. The van der Waals surface area contributed by atoms with Gasteiger partial charge in [-0.2, -0.15) is 0 Å². The van der Waals surface area contributed by atoms with Gasteiger partial charge in [0, 0.05) is 17.5 Å². The highest BCUT2D eigenvalue weighted by Gasteiger charge is 2.44. The SMILES string of the molecule is CC1CC2CC(C)CC(CNc3nc(-c4ccccc4Cl)nc4ccccc34)(C1)C2. The van der Waals surface area contributed by atoms with Crippen LogP contribution >= 0.6 is 11.6 Å². The van der Waals surface area contributed by atoms with Crippen molar-refractivity contribution in [1.82, 2.24) is 9.97 Å². The highest BCUT2D eigenvalue weighted by Crippen LogP contribution is 2.52. The van der Waals surface area contributed by atoms with Crippen LogP contribution in [0.5, 0.6) is 0 Å². The molecule has 3 nitrogen and oxygen atoms in total. The van der Waals surface area contributed by atoms with Gasteiger partial charge in [-0.1, -0.05) is 49.7 Å². The standard InChI is InChI=1S/C26H30ClN3/c1-17-11-19-12-18(2)14-26(13-17,15-19)16-28-24-21-8-4-6-10-23(21)29-25(30-24)20-7-3-5-9-22(20)27/h3-10,17-19H,11-16H2,1-2H3,(H,28,29,30). The summed E-state index contributed by atoms with van der Waals surface area (Å²) in [6.45, 7) is 5.86. The van der Waals surface area contributed by atoms with Gasteiger partial charge >= 0.3 is 0 Å². The maximum absolute atomic E-state index is 6.46. The summed E-state index contributed by atoms with van der Waals surface area (Å²) in [7, 11) is 0. The molecule has 2 unspecified atom stereocenters. The van der Waals surface area contributed by atoms with Gasteiger partial charge in [0.15, 0.2) is 5.82 Å². The fourth-order valence-electron chi connectivity index (χ4n) is 6.37. The molecule has 0 radical (unpaired) electrons. The van der Waals surface area contributed by atoms with E-state index in [1.807, 2.05) is 30.3 Å². The summed E-state index contributed by atoms with van der Waals surface area (Å²) in [5.41, 5.74) is 2.22. The van der Waals surface area contributed by atoms with Crippen molar-refractivity contribution in [2.24, 2.45) is 23.2 Å². The first kappa shape index (κ1) is 19.8. The molecule has 156 valence electrons. The molecule has 4 heteroatoms. The number of benzene rings is 2. The van der Waals surface area contributed by atoms with Crippen LogP contribution in [0.25, 0.3) is 22.3 Å². The Labute approximate surface area is 184 Å². The number of para-hydroxylation sites is 1. The number of rotatable bonds is 4. The fourth-order valence-corrected chi connectivity index (χ4v) is 6.59. The van der Waals surface area contributed by atoms with Crippen LogP contribution in [-0.2, 0) is 0 Å². The molecule has 2 aromatic carbocycles. The Morgan fingerprint density at radius 1 is 0.933 bits per heavy atom. The lowest BCUT2D eigenvalue weighted by molar-refractivity contribution is 0.0284. The zero-order valence-electron chi connectivity index (χ0n) is 17.9. The molecule has 30 heavy (non-hydrogen) atoms. The first-order valence-electron chi connectivity index (χ1n) is 11.3. The summed E-state index contributed by atoms with van der Waals surface area (Å²) in [5, 5.41) is 5.54. The third-order valence-electron chi connectivity index (χ3n) is 7.10. The van der Waals surface area contributed by atoms with Crippen molar-refractivity contribution >= 4 is 28.3 Å². The maximum atomic E-state index is 6.46. The molecule has 5 rings (SSSR count). The number of nitrogens with zero attached hydrogens (tertiary/aromatic N) is 2. The molecular weight excluding hydrogens is 390 g/mol. The fraction of sp³-hybridized carbons (Fsp3) is 0.462. The van der Waals surface area contributed by atoms with Crippen molar-refractivity contribution in [3.8, 4) is 11.4 Å². The van der Waals surface area contributed by atoms with Crippen LogP contribution in [0.3, 0.4) is 0 Å². The highest BCUT2D eigenvalue weighted by molar-refractivity contribution is 6.33. The maximum Gasteiger partial charge on any atom is 0.163 e. The van der Waals surface area contributed by atoms with Crippen molar-refractivity contribution in [1.29, 1.82) is 0 Å². The monoisotopic (exact) mass is 419 g/mol. The molecule has 3 aromatic rings. The lowest BCUT2D eigenvalue weighted by Gasteiger charge is -2.50. The van der Waals surface area contributed by atoms with E-state index in [9.17, 15) is 0 Å². The molecule has 2 atom stereocenters. The molecule has 2 bridgehead atoms. The molecule has 2 saturated carbocycles. The zero-order chi connectivity index (χ0) is 20.7. The number of hydrogen-bond acceptors (Lipinski definition) is 3. The zero-order valence-corrected chi connectivity index (χ0v) is 18.6. The number of halogens is 1. The van der Waals surface area contributed by atoms with Crippen molar-refractivity contribution in [3.05, 3.63) is 53.6 Å². The Balaban J connectivity index is 1.50. The first-order valence-corrected chi connectivity index (χ1v) is 11.6. The van der Waals surface area contributed by atoms with E-state index < -0.39 is 0 Å². The Morgan fingerprint density at radius 3 is 2.40 bits per heavy atom. The lowest BCUT2D eigenvalue weighted by atomic mass is 9.57. The normalized spacial score (nSPS) is 28.4. The van der Waals surface area contributed by atoms with Gasteiger partial charge < -0.3 is 5.32 Å². The molecule has 0 saturated heterocycles. The Bertz CT molecular complexity index is 1040. The van der Waals surface area contributed by atoms with Gasteiger partial charge in [-0.3, -0.25) is 0 Å². The number of aromatic nitrogens is 2. The second-order valence-corrected chi connectivity index (χ2v) is 10.3. The minimum absolute atomic E-state index is 0.386.